The van der Waals surface area contributed by atoms with Crippen molar-refractivity contribution in [1.82, 2.24) is 5.32 Å². The molecule has 0 unspecified atom stereocenters. The molecule has 1 aromatic carbocycles. The molecule has 1 aliphatic rings. The second-order valence-corrected chi connectivity index (χ2v) is 6.81. The van der Waals surface area contributed by atoms with Crippen LogP contribution >= 0.6 is 0 Å². The van der Waals surface area contributed by atoms with Crippen LogP contribution in [0.2, 0.25) is 0 Å². The van der Waals surface area contributed by atoms with Crippen LogP contribution in [0.5, 0.6) is 0 Å². The number of hydrogen-bond donors (Lipinski definition) is 1. The molecule has 1 heterocycles. The van der Waals surface area contributed by atoms with E-state index in [1.54, 1.807) is 6.26 Å². The highest BCUT2D eigenvalue weighted by Crippen LogP contribution is 2.23. The van der Waals surface area contributed by atoms with Gasteiger partial charge in [-0.15, -0.1) is 0 Å². The van der Waals surface area contributed by atoms with Crippen LogP contribution in [0.3, 0.4) is 0 Å². The van der Waals surface area contributed by atoms with Gasteiger partial charge >= 0.3 is 5.97 Å². The van der Waals surface area contributed by atoms with Gasteiger partial charge in [-0.05, 0) is 50.7 Å². The molecular weight excluding hydrogens is 330 g/mol. The van der Waals surface area contributed by atoms with Crippen molar-refractivity contribution in [2.75, 3.05) is 13.2 Å². The van der Waals surface area contributed by atoms with E-state index < -0.39 is 5.97 Å². The Hall–Kier alpha value is -2.56. The maximum absolute atomic E-state index is 12.0. The van der Waals surface area contributed by atoms with Crippen molar-refractivity contribution < 1.29 is 18.7 Å². The van der Waals surface area contributed by atoms with Crippen molar-refractivity contribution in [2.45, 2.75) is 45.4 Å². The van der Waals surface area contributed by atoms with Crippen molar-refractivity contribution in [2.24, 2.45) is 0 Å². The van der Waals surface area contributed by atoms with E-state index in [0.29, 0.717) is 6.54 Å². The number of benzene rings is 1. The summed E-state index contributed by atoms with van der Waals surface area (Å²) in [6.45, 7) is 2.33. The average Bonchev–Trinajstić information content (AvgIpc) is 3.02. The van der Waals surface area contributed by atoms with Gasteiger partial charge in [0.25, 0.3) is 5.91 Å². The molecule has 3 rings (SSSR count). The van der Waals surface area contributed by atoms with Gasteiger partial charge in [-0.1, -0.05) is 23.8 Å². The fraction of sp³-hybridized carbons (Fsp3) is 0.429. The Bertz CT molecular complexity index is 819. The number of rotatable bonds is 7. The Balaban J connectivity index is 1.40. The number of aryl methyl sites for hydroxylation is 1. The predicted molar refractivity (Wildman–Crippen MR) is 99.8 cm³/mol. The number of carbonyl (C=O) groups is 2. The molecule has 5 heteroatoms. The lowest BCUT2D eigenvalue weighted by atomic mass is 9.97. The Morgan fingerprint density at radius 1 is 1.27 bits per heavy atom. The number of ether oxygens (including phenoxy) is 1. The zero-order valence-corrected chi connectivity index (χ0v) is 15.2. The van der Waals surface area contributed by atoms with Crippen molar-refractivity contribution in [3.8, 4) is 0 Å². The van der Waals surface area contributed by atoms with Crippen molar-refractivity contribution in [1.29, 1.82) is 0 Å². The lowest BCUT2D eigenvalue weighted by Gasteiger charge is -2.13. The maximum atomic E-state index is 12.0. The van der Waals surface area contributed by atoms with Gasteiger partial charge in [-0.2, -0.15) is 0 Å². The first-order chi connectivity index (χ1) is 12.6. The third-order valence-electron chi connectivity index (χ3n) is 4.66. The smallest absolute Gasteiger partial charge is 0.310 e. The van der Waals surface area contributed by atoms with E-state index in [1.165, 1.54) is 18.4 Å². The number of fused-ring (bicyclic) bond motifs is 1. The third kappa shape index (κ3) is 4.97. The minimum Gasteiger partial charge on any atom is -0.464 e. The molecule has 0 radical (unpaired) electrons. The average molecular weight is 355 g/mol. The second kappa shape index (κ2) is 8.70. The van der Waals surface area contributed by atoms with Gasteiger partial charge in [0.05, 0.1) is 12.7 Å². The number of furan rings is 1. The van der Waals surface area contributed by atoms with Gasteiger partial charge in [0.2, 0.25) is 0 Å². The largest absolute Gasteiger partial charge is 0.464 e. The van der Waals surface area contributed by atoms with E-state index in [0.717, 1.165) is 41.4 Å². The lowest BCUT2D eigenvalue weighted by Crippen LogP contribution is -2.30. The van der Waals surface area contributed by atoms with Crippen LogP contribution in [-0.4, -0.2) is 25.0 Å². The Labute approximate surface area is 153 Å². The fourth-order valence-electron chi connectivity index (χ4n) is 3.23. The molecule has 138 valence electrons. The first-order valence-corrected chi connectivity index (χ1v) is 9.19. The highest BCUT2D eigenvalue weighted by atomic mass is 16.5. The molecule has 0 aliphatic heterocycles. The number of carbonyl (C=O) groups excluding carboxylic acids is 2. The summed E-state index contributed by atoms with van der Waals surface area (Å²) in [4.78, 5) is 23.8. The summed E-state index contributed by atoms with van der Waals surface area (Å²) in [7, 11) is 0. The lowest BCUT2D eigenvalue weighted by molar-refractivity contribution is -0.147. The van der Waals surface area contributed by atoms with Crippen LogP contribution < -0.4 is 5.32 Å². The number of esters is 1. The maximum Gasteiger partial charge on any atom is 0.310 e. The van der Waals surface area contributed by atoms with Crippen molar-refractivity contribution >= 4 is 22.8 Å². The monoisotopic (exact) mass is 355 g/mol. The second-order valence-electron chi connectivity index (χ2n) is 6.81. The molecule has 26 heavy (non-hydrogen) atoms. The van der Waals surface area contributed by atoms with Gasteiger partial charge in [-0.25, -0.2) is 0 Å². The molecule has 0 spiro atoms. The summed E-state index contributed by atoms with van der Waals surface area (Å²) >= 11 is 0. The predicted octanol–water partition coefficient (Wildman–Crippen LogP) is 3.83. The Morgan fingerprint density at radius 3 is 2.96 bits per heavy atom. The van der Waals surface area contributed by atoms with Crippen molar-refractivity contribution in [3.05, 3.63) is 47.2 Å². The van der Waals surface area contributed by atoms with Crippen LogP contribution in [0.1, 0.15) is 43.2 Å². The van der Waals surface area contributed by atoms with E-state index in [9.17, 15) is 9.59 Å². The van der Waals surface area contributed by atoms with Crippen LogP contribution in [0, 0.1) is 6.92 Å². The van der Waals surface area contributed by atoms with Crippen LogP contribution in [0.15, 0.2) is 40.5 Å². The number of allylic oxidation sites excluding steroid dienone is 1. The molecule has 5 nitrogen and oxygen atoms in total. The van der Waals surface area contributed by atoms with E-state index in [-0.39, 0.29) is 18.9 Å². The van der Waals surface area contributed by atoms with Gasteiger partial charge in [-0.3, -0.25) is 9.59 Å². The standard InChI is InChI=1S/C21H25NO4/c1-15-7-8-18-17(13-25-19(18)11-15)12-21(24)26-14-20(23)22-10-9-16-5-3-2-4-6-16/h5,7-8,11,13H,2-4,6,9-10,12,14H2,1H3,(H,22,23). The first kappa shape index (κ1) is 18.2. The van der Waals surface area contributed by atoms with Gasteiger partial charge < -0.3 is 14.5 Å². The Morgan fingerprint density at radius 2 is 2.15 bits per heavy atom. The molecular formula is C21H25NO4. The summed E-state index contributed by atoms with van der Waals surface area (Å²) in [6.07, 6.45) is 9.58. The number of nitrogens with one attached hydrogen (secondary N) is 1. The molecule has 1 N–H and O–H groups in total. The molecule has 1 aliphatic carbocycles. The van der Waals surface area contributed by atoms with Gasteiger partial charge in [0.15, 0.2) is 6.61 Å². The summed E-state index contributed by atoms with van der Waals surface area (Å²) in [5.74, 6) is -0.694. The van der Waals surface area contributed by atoms with E-state index in [1.807, 2.05) is 25.1 Å². The Kier molecular flexibility index (Phi) is 6.10. The zero-order valence-electron chi connectivity index (χ0n) is 15.2. The highest BCUT2D eigenvalue weighted by molar-refractivity contribution is 5.87. The first-order valence-electron chi connectivity index (χ1n) is 9.19. The molecule has 0 bridgehead atoms. The summed E-state index contributed by atoms with van der Waals surface area (Å²) < 4.78 is 10.6. The number of amides is 1. The van der Waals surface area contributed by atoms with E-state index in [4.69, 9.17) is 9.15 Å². The van der Waals surface area contributed by atoms with Gasteiger partial charge in [0, 0.05) is 17.5 Å². The molecule has 0 saturated carbocycles. The minimum absolute atomic E-state index is 0.0935. The SMILES string of the molecule is Cc1ccc2c(CC(=O)OCC(=O)NCCC3=CCCCC3)coc2c1. The third-order valence-corrected chi connectivity index (χ3v) is 4.66. The van der Waals surface area contributed by atoms with Crippen molar-refractivity contribution in [3.63, 3.8) is 0 Å². The minimum atomic E-state index is -0.432. The topological polar surface area (TPSA) is 68.5 Å². The highest BCUT2D eigenvalue weighted by Gasteiger charge is 2.13. The molecule has 0 atom stereocenters. The summed E-state index contributed by atoms with van der Waals surface area (Å²) in [5, 5.41) is 3.71. The van der Waals surface area contributed by atoms with Gasteiger partial charge in [0.1, 0.15) is 5.58 Å². The zero-order chi connectivity index (χ0) is 18.4. The van der Waals surface area contributed by atoms with Crippen LogP contribution in [-0.2, 0) is 20.7 Å². The summed E-state index contributed by atoms with van der Waals surface area (Å²) in [6, 6.07) is 5.84. The molecule has 0 fully saturated rings. The molecule has 1 amide bonds. The molecule has 2 aromatic rings. The summed E-state index contributed by atoms with van der Waals surface area (Å²) in [5.41, 5.74) is 4.04. The van der Waals surface area contributed by atoms with E-state index in [2.05, 4.69) is 11.4 Å². The molecule has 1 aromatic heterocycles. The molecule has 0 saturated heterocycles. The van der Waals surface area contributed by atoms with Crippen LogP contribution in [0.25, 0.3) is 11.0 Å². The van der Waals surface area contributed by atoms with Crippen LogP contribution in [0.4, 0.5) is 0 Å². The normalized spacial score (nSPS) is 14.1. The van der Waals surface area contributed by atoms with E-state index >= 15 is 0 Å². The number of hydrogen-bond acceptors (Lipinski definition) is 4. The quantitative estimate of drug-likeness (QED) is 0.605. The fourth-order valence-corrected chi connectivity index (χ4v) is 3.23.